The van der Waals surface area contributed by atoms with Crippen molar-refractivity contribution in [2.24, 2.45) is 0 Å². The molecule has 0 spiro atoms. The molecule has 2 aliphatic heterocycles. The number of hydrogen-bond donors (Lipinski definition) is 2. The molecular formula is C26H31N5O7S. The first-order valence-corrected chi connectivity index (χ1v) is 14.2. The van der Waals surface area contributed by atoms with E-state index in [2.05, 4.69) is 27.2 Å². The summed E-state index contributed by atoms with van der Waals surface area (Å²) in [4.78, 5) is 40.1. The van der Waals surface area contributed by atoms with Gasteiger partial charge in [0, 0.05) is 50.4 Å². The summed E-state index contributed by atoms with van der Waals surface area (Å²) in [6.45, 7) is 6.04. The van der Waals surface area contributed by atoms with E-state index in [-0.39, 0.29) is 34.7 Å². The average molecular weight is 558 g/mol. The van der Waals surface area contributed by atoms with E-state index in [1.165, 1.54) is 30.7 Å². The number of nitro groups is 1. The van der Waals surface area contributed by atoms with E-state index in [0.717, 1.165) is 38.8 Å². The number of nitrogens with zero attached hydrogens (tertiary/aromatic N) is 4. The number of non-ortho nitro benzene ring substituents is 1. The van der Waals surface area contributed by atoms with Crippen molar-refractivity contribution in [2.45, 2.75) is 25.9 Å². The zero-order chi connectivity index (χ0) is 28.2. The Bertz CT molecular complexity index is 1370. The predicted octanol–water partition coefficient (Wildman–Crippen LogP) is 2.34. The number of piperazine rings is 1. The maximum absolute atomic E-state index is 13.2. The molecule has 13 heteroatoms. The molecule has 2 aliphatic rings. The van der Waals surface area contributed by atoms with Gasteiger partial charge in [-0.15, -0.1) is 0 Å². The minimum Gasteiger partial charge on any atom is -0.478 e. The van der Waals surface area contributed by atoms with Gasteiger partial charge in [0.25, 0.3) is 5.69 Å². The van der Waals surface area contributed by atoms with Crippen molar-refractivity contribution in [2.75, 3.05) is 38.5 Å². The number of amides is 2. The lowest BCUT2D eigenvalue weighted by Crippen LogP contribution is -2.54. The Labute approximate surface area is 226 Å². The number of carboxylic acid groups (broad SMARTS) is 1. The van der Waals surface area contributed by atoms with Gasteiger partial charge < -0.3 is 15.3 Å². The molecule has 2 aromatic carbocycles. The van der Waals surface area contributed by atoms with Crippen LogP contribution in [-0.2, 0) is 21.4 Å². The number of urea groups is 1. The van der Waals surface area contributed by atoms with E-state index in [1.807, 2.05) is 18.2 Å². The molecule has 2 N–H and O–H groups in total. The predicted molar refractivity (Wildman–Crippen MR) is 144 cm³/mol. The second-order valence-electron chi connectivity index (χ2n) is 9.58. The van der Waals surface area contributed by atoms with E-state index >= 15 is 0 Å². The van der Waals surface area contributed by atoms with Crippen molar-refractivity contribution in [1.29, 1.82) is 0 Å². The first-order valence-electron chi connectivity index (χ1n) is 12.6. The van der Waals surface area contributed by atoms with Crippen molar-refractivity contribution in [1.82, 2.24) is 19.4 Å². The topological polar surface area (TPSA) is 153 Å². The summed E-state index contributed by atoms with van der Waals surface area (Å²) in [7, 11) is -4.15. The lowest BCUT2D eigenvalue weighted by atomic mass is 9.99. The minimum atomic E-state index is -4.15. The summed E-state index contributed by atoms with van der Waals surface area (Å²) in [5.41, 5.74) is 0.527. The van der Waals surface area contributed by atoms with Crippen LogP contribution >= 0.6 is 0 Å². The molecule has 1 atom stereocenters. The van der Waals surface area contributed by atoms with E-state index in [4.69, 9.17) is 0 Å². The third-order valence-corrected chi connectivity index (χ3v) is 8.82. The van der Waals surface area contributed by atoms with Gasteiger partial charge in [-0.05, 0) is 25.5 Å². The van der Waals surface area contributed by atoms with Crippen LogP contribution in [0.2, 0.25) is 0 Å². The van der Waals surface area contributed by atoms with Crippen LogP contribution in [0.5, 0.6) is 0 Å². The fraction of sp³-hybridized carbons (Fsp3) is 0.385. The molecule has 0 saturated carbocycles. The summed E-state index contributed by atoms with van der Waals surface area (Å²) < 4.78 is 26.9. The van der Waals surface area contributed by atoms with Gasteiger partial charge in [-0.1, -0.05) is 42.5 Å². The number of carbonyl (C=O) groups is 2. The molecule has 0 bridgehead atoms. The second kappa shape index (κ2) is 11.9. The maximum atomic E-state index is 13.2. The standard InChI is InChI=1S/C26H31N5O7S/c1-19-23(25(32)33)24(21-9-5-10-22(17-21)31(35)36)27-26(34)30(19)39(37,38)16-6-11-28-12-14-29(15-13-28)18-20-7-3-2-4-8-20/h2-5,7-10,17,19H,6,11-16,18H2,1H3,(H,27,34)(H,32,33). The Morgan fingerprint density at radius 2 is 1.74 bits per heavy atom. The summed E-state index contributed by atoms with van der Waals surface area (Å²) in [5.74, 6) is -1.76. The monoisotopic (exact) mass is 557 g/mol. The van der Waals surface area contributed by atoms with Crippen molar-refractivity contribution in [3.05, 3.63) is 81.4 Å². The molecule has 4 rings (SSSR count). The first-order chi connectivity index (χ1) is 18.6. The fourth-order valence-electron chi connectivity index (χ4n) is 4.97. The number of aliphatic carboxylic acids is 1. The van der Waals surface area contributed by atoms with Gasteiger partial charge in [0.2, 0.25) is 10.0 Å². The highest BCUT2D eigenvalue weighted by Gasteiger charge is 2.42. The zero-order valence-electron chi connectivity index (χ0n) is 21.5. The molecule has 0 aliphatic carbocycles. The number of benzene rings is 2. The van der Waals surface area contributed by atoms with Gasteiger partial charge in [-0.3, -0.25) is 15.0 Å². The molecule has 1 fully saturated rings. The van der Waals surface area contributed by atoms with Gasteiger partial charge in [-0.2, -0.15) is 0 Å². The van der Waals surface area contributed by atoms with Gasteiger partial charge in [0.1, 0.15) is 0 Å². The molecule has 1 unspecified atom stereocenters. The first kappa shape index (κ1) is 28.2. The number of nitro benzene ring substituents is 1. The molecule has 2 heterocycles. The number of hydrogen-bond acceptors (Lipinski definition) is 8. The molecule has 208 valence electrons. The van der Waals surface area contributed by atoms with Crippen LogP contribution in [0.1, 0.15) is 24.5 Å². The van der Waals surface area contributed by atoms with Crippen LogP contribution in [-0.4, -0.2) is 89.1 Å². The van der Waals surface area contributed by atoms with Gasteiger partial charge in [-0.25, -0.2) is 22.3 Å². The van der Waals surface area contributed by atoms with E-state index in [9.17, 15) is 33.2 Å². The third kappa shape index (κ3) is 6.61. The maximum Gasteiger partial charge on any atom is 0.336 e. The highest BCUT2D eigenvalue weighted by molar-refractivity contribution is 7.89. The quantitative estimate of drug-likeness (QED) is 0.331. The molecule has 1 saturated heterocycles. The Morgan fingerprint density at radius 1 is 1.08 bits per heavy atom. The summed E-state index contributed by atoms with van der Waals surface area (Å²) in [6, 6.07) is 13.0. The second-order valence-corrected chi connectivity index (χ2v) is 11.5. The summed E-state index contributed by atoms with van der Waals surface area (Å²) in [5, 5.41) is 23.4. The average Bonchev–Trinajstić information content (AvgIpc) is 2.89. The van der Waals surface area contributed by atoms with Crippen LogP contribution in [0.3, 0.4) is 0 Å². The van der Waals surface area contributed by atoms with E-state index in [1.54, 1.807) is 0 Å². The SMILES string of the molecule is CC1C(C(=O)O)=C(c2cccc([N+](=O)[O-])c2)NC(=O)N1S(=O)(=O)CCCN1CCN(Cc2ccccc2)CC1. The molecule has 0 aromatic heterocycles. The fourth-order valence-corrected chi connectivity index (χ4v) is 6.54. The molecule has 39 heavy (non-hydrogen) atoms. The molecule has 0 radical (unpaired) electrons. The van der Waals surface area contributed by atoms with Gasteiger partial charge in [0.05, 0.1) is 28.0 Å². The molecule has 12 nitrogen and oxygen atoms in total. The molecule has 2 aromatic rings. The number of rotatable bonds is 10. The van der Waals surface area contributed by atoms with Crippen LogP contribution in [0.4, 0.5) is 10.5 Å². The smallest absolute Gasteiger partial charge is 0.336 e. The van der Waals surface area contributed by atoms with Gasteiger partial charge in [0.15, 0.2) is 0 Å². The van der Waals surface area contributed by atoms with Gasteiger partial charge >= 0.3 is 12.0 Å². The van der Waals surface area contributed by atoms with Crippen molar-refractivity contribution < 1.29 is 28.0 Å². The Kier molecular flexibility index (Phi) is 8.63. The van der Waals surface area contributed by atoms with E-state index in [0.29, 0.717) is 10.8 Å². The molecular weight excluding hydrogens is 526 g/mol. The summed E-state index contributed by atoms with van der Waals surface area (Å²) in [6.07, 6.45) is 0.279. The Hall–Kier alpha value is -3.81. The summed E-state index contributed by atoms with van der Waals surface area (Å²) >= 11 is 0. The third-order valence-electron chi connectivity index (χ3n) is 6.94. The van der Waals surface area contributed by atoms with E-state index < -0.39 is 33.0 Å². The Balaban J connectivity index is 1.39. The van der Waals surface area contributed by atoms with Crippen molar-refractivity contribution >= 4 is 33.4 Å². The highest BCUT2D eigenvalue weighted by Crippen LogP contribution is 2.30. The number of carboxylic acids is 1. The lowest BCUT2D eigenvalue weighted by molar-refractivity contribution is -0.384. The normalized spacial score (nSPS) is 19.2. The molecule has 2 amide bonds. The number of sulfonamides is 1. The van der Waals surface area contributed by atoms with Crippen LogP contribution in [0.15, 0.2) is 60.2 Å². The Morgan fingerprint density at radius 3 is 2.38 bits per heavy atom. The zero-order valence-corrected chi connectivity index (χ0v) is 22.3. The number of carbonyl (C=O) groups excluding carboxylic acids is 1. The lowest BCUT2D eigenvalue weighted by Gasteiger charge is -2.36. The van der Waals surface area contributed by atoms with Crippen molar-refractivity contribution in [3.8, 4) is 0 Å². The van der Waals surface area contributed by atoms with Crippen LogP contribution in [0.25, 0.3) is 5.70 Å². The number of nitrogens with one attached hydrogen (secondary N) is 1. The minimum absolute atomic E-state index is 0.102. The van der Waals surface area contributed by atoms with Crippen LogP contribution < -0.4 is 5.32 Å². The largest absolute Gasteiger partial charge is 0.478 e. The highest BCUT2D eigenvalue weighted by atomic mass is 32.2. The van der Waals surface area contributed by atoms with Crippen LogP contribution in [0, 0.1) is 10.1 Å². The van der Waals surface area contributed by atoms with Crippen molar-refractivity contribution in [3.63, 3.8) is 0 Å².